The minimum absolute atomic E-state index is 0.179. The van der Waals surface area contributed by atoms with Crippen LogP contribution in [-0.4, -0.2) is 72.2 Å². The molecule has 42 heavy (non-hydrogen) atoms. The van der Waals surface area contributed by atoms with Gasteiger partial charge in [-0.1, -0.05) is 0 Å². The highest BCUT2D eigenvalue weighted by Gasteiger charge is 2.44. The summed E-state index contributed by atoms with van der Waals surface area (Å²) >= 11 is 0. The number of hydrogen-bond acceptors (Lipinski definition) is 7. The van der Waals surface area contributed by atoms with Crippen LogP contribution < -0.4 is 14.5 Å². The molecule has 9 nitrogen and oxygen atoms in total. The molecule has 1 spiro atoms. The van der Waals surface area contributed by atoms with E-state index in [2.05, 4.69) is 19.7 Å². The highest BCUT2D eigenvalue weighted by Crippen LogP contribution is 2.54. The summed E-state index contributed by atoms with van der Waals surface area (Å²) in [7, 11) is -3.75. The van der Waals surface area contributed by atoms with Gasteiger partial charge in [-0.3, -0.25) is 4.72 Å². The first-order chi connectivity index (χ1) is 20.0. The van der Waals surface area contributed by atoms with Gasteiger partial charge >= 0.3 is 0 Å². The average Bonchev–Trinajstić information content (AvgIpc) is 3.52. The minimum atomic E-state index is -3.75. The van der Waals surface area contributed by atoms with Crippen molar-refractivity contribution in [3.05, 3.63) is 48.4 Å². The molecule has 0 radical (unpaired) electrons. The molecule has 1 atom stereocenters. The number of alkyl halides is 2. The molecule has 2 aliphatic heterocycles. The zero-order valence-electron chi connectivity index (χ0n) is 24.1. The van der Waals surface area contributed by atoms with Gasteiger partial charge in [0.1, 0.15) is 11.1 Å². The van der Waals surface area contributed by atoms with Crippen molar-refractivity contribution in [3.63, 3.8) is 0 Å². The van der Waals surface area contributed by atoms with Crippen LogP contribution >= 0.6 is 0 Å². The largest absolute Gasteiger partial charge is 0.395 e. The summed E-state index contributed by atoms with van der Waals surface area (Å²) in [5.74, 6) is -1.94. The number of aryl methyl sites for hydroxylation is 1. The number of hydrogen-bond donors (Lipinski definition) is 2. The first kappa shape index (κ1) is 28.9. The zero-order chi connectivity index (χ0) is 29.7. The van der Waals surface area contributed by atoms with E-state index in [1.54, 1.807) is 16.9 Å². The Hall–Kier alpha value is -3.25. The molecule has 2 aromatic heterocycles. The number of sulfonamides is 1. The lowest BCUT2D eigenvalue weighted by Gasteiger charge is -2.35. The molecule has 0 amide bonds. The SMILES string of the molecule is Cc1cc(-c2cnn(-c3ccc(NS(=O)(=O)C(C)CO)cc3N3CCC4(CC3)CC4)c2)cc(N2CCC(F)(F)CC2)n1. The van der Waals surface area contributed by atoms with Crippen molar-refractivity contribution in [2.24, 2.45) is 5.41 Å². The number of halogens is 2. The van der Waals surface area contributed by atoms with Crippen LogP contribution in [0.4, 0.5) is 26.0 Å². The summed E-state index contributed by atoms with van der Waals surface area (Å²) in [6, 6.07) is 9.33. The molecule has 4 heterocycles. The number of aromatic nitrogens is 3. The summed E-state index contributed by atoms with van der Waals surface area (Å²) in [5, 5.41) is 13.1. The third kappa shape index (κ3) is 5.96. The maximum Gasteiger partial charge on any atom is 0.251 e. The lowest BCUT2D eigenvalue weighted by Crippen LogP contribution is -2.39. The standard InChI is InChI=1S/C30H38F2N6O3S/c1-21-15-23(16-28(34-21)37-13-9-30(31,32)10-14-37)24-18-33-38(19-24)26-4-3-25(35-42(40,41)22(2)20-39)17-27(26)36-11-7-29(5-6-29)8-12-36/h3-4,15-19,22,35,39H,5-14,20H2,1-2H3. The third-order valence-corrected chi connectivity index (χ3v) is 10.8. The van der Waals surface area contributed by atoms with Crippen LogP contribution in [0.5, 0.6) is 0 Å². The Morgan fingerprint density at radius 3 is 2.31 bits per heavy atom. The number of piperidine rings is 2. The van der Waals surface area contributed by atoms with E-state index in [9.17, 15) is 22.3 Å². The lowest BCUT2D eigenvalue weighted by atomic mass is 9.93. The second-order valence-corrected chi connectivity index (χ2v) is 14.3. The van der Waals surface area contributed by atoms with E-state index in [0.717, 1.165) is 54.1 Å². The van der Waals surface area contributed by atoms with Crippen LogP contribution in [0.15, 0.2) is 42.7 Å². The lowest BCUT2D eigenvalue weighted by molar-refractivity contribution is -0.0221. The Morgan fingerprint density at radius 1 is 0.952 bits per heavy atom. The Labute approximate surface area is 245 Å². The van der Waals surface area contributed by atoms with Gasteiger partial charge < -0.3 is 14.9 Å². The Morgan fingerprint density at radius 2 is 1.64 bits per heavy atom. The van der Waals surface area contributed by atoms with Gasteiger partial charge in [0.05, 0.1) is 29.9 Å². The van der Waals surface area contributed by atoms with Crippen LogP contribution in [0.3, 0.4) is 0 Å². The third-order valence-electron chi connectivity index (χ3n) is 9.07. The topological polar surface area (TPSA) is 104 Å². The molecule has 0 bridgehead atoms. The molecule has 1 aliphatic carbocycles. The number of aliphatic hydroxyl groups is 1. The number of nitrogens with one attached hydrogen (secondary N) is 1. The van der Waals surface area contributed by atoms with Crippen molar-refractivity contribution in [3.8, 4) is 16.8 Å². The fourth-order valence-electron chi connectivity index (χ4n) is 5.94. The van der Waals surface area contributed by atoms with Crippen LogP contribution in [0.25, 0.3) is 16.8 Å². The van der Waals surface area contributed by atoms with E-state index in [4.69, 9.17) is 0 Å². The summed E-state index contributed by atoms with van der Waals surface area (Å²) in [6.07, 6.45) is 8.13. The fourth-order valence-corrected chi connectivity index (χ4v) is 6.79. The van der Waals surface area contributed by atoms with Gasteiger partial charge in [0.2, 0.25) is 10.0 Å². The molecule has 226 valence electrons. The van der Waals surface area contributed by atoms with Gasteiger partial charge in [0.15, 0.2) is 0 Å². The van der Waals surface area contributed by atoms with Crippen LogP contribution in [0, 0.1) is 12.3 Å². The molecule has 2 saturated heterocycles. The first-order valence-corrected chi connectivity index (χ1v) is 16.2. The Kier molecular flexibility index (Phi) is 7.41. The summed E-state index contributed by atoms with van der Waals surface area (Å²) in [4.78, 5) is 8.83. The number of nitrogens with zero attached hydrogens (tertiary/aromatic N) is 5. The predicted molar refractivity (Wildman–Crippen MR) is 160 cm³/mol. The monoisotopic (exact) mass is 600 g/mol. The summed E-state index contributed by atoms with van der Waals surface area (Å²) in [6.45, 7) is 5.18. The molecule has 12 heteroatoms. The Balaban J connectivity index is 1.31. The van der Waals surface area contributed by atoms with E-state index in [1.165, 1.54) is 19.8 Å². The van der Waals surface area contributed by atoms with Crippen molar-refractivity contribution in [1.29, 1.82) is 0 Å². The van der Waals surface area contributed by atoms with Crippen molar-refractivity contribution < 1.29 is 22.3 Å². The van der Waals surface area contributed by atoms with Crippen molar-refractivity contribution in [2.75, 3.05) is 47.3 Å². The normalized spacial score (nSPS) is 20.5. The number of rotatable bonds is 8. The van der Waals surface area contributed by atoms with Gasteiger partial charge in [-0.15, -0.1) is 0 Å². The molecule has 6 rings (SSSR count). The molecule has 2 N–H and O–H groups in total. The fraction of sp³-hybridized carbons (Fsp3) is 0.533. The molecular formula is C30H38F2N6O3S. The van der Waals surface area contributed by atoms with Gasteiger partial charge in [0, 0.05) is 56.5 Å². The molecular weight excluding hydrogens is 562 g/mol. The van der Waals surface area contributed by atoms with Crippen molar-refractivity contribution >= 4 is 27.2 Å². The van der Waals surface area contributed by atoms with Crippen LogP contribution in [0.1, 0.15) is 51.1 Å². The smallest absolute Gasteiger partial charge is 0.251 e. The Bertz CT molecular complexity index is 1550. The van der Waals surface area contributed by atoms with E-state index < -0.39 is 27.8 Å². The average molecular weight is 601 g/mol. The number of anilines is 3. The molecule has 3 aliphatic rings. The highest BCUT2D eigenvalue weighted by atomic mass is 32.2. The zero-order valence-corrected chi connectivity index (χ0v) is 24.9. The summed E-state index contributed by atoms with van der Waals surface area (Å²) in [5.41, 5.74) is 5.20. The second kappa shape index (κ2) is 10.8. The van der Waals surface area contributed by atoms with E-state index in [1.807, 2.05) is 42.3 Å². The number of aliphatic hydroxyl groups excluding tert-OH is 1. The molecule has 1 aromatic carbocycles. The second-order valence-electron chi connectivity index (χ2n) is 12.2. The van der Waals surface area contributed by atoms with Gasteiger partial charge in [-0.2, -0.15) is 5.10 Å². The van der Waals surface area contributed by atoms with Gasteiger partial charge in [-0.25, -0.2) is 26.9 Å². The minimum Gasteiger partial charge on any atom is -0.395 e. The first-order valence-electron chi connectivity index (χ1n) is 14.6. The van der Waals surface area contributed by atoms with Crippen molar-refractivity contribution in [1.82, 2.24) is 14.8 Å². The number of pyridine rings is 1. The van der Waals surface area contributed by atoms with E-state index in [0.29, 0.717) is 16.9 Å². The predicted octanol–water partition coefficient (Wildman–Crippen LogP) is 4.98. The van der Waals surface area contributed by atoms with E-state index >= 15 is 0 Å². The maximum absolute atomic E-state index is 13.7. The maximum atomic E-state index is 13.7. The van der Waals surface area contributed by atoms with Gasteiger partial charge in [0.25, 0.3) is 5.92 Å². The molecule has 3 aromatic rings. The molecule has 1 unspecified atom stereocenters. The van der Waals surface area contributed by atoms with Gasteiger partial charge in [-0.05, 0) is 80.8 Å². The van der Waals surface area contributed by atoms with Crippen molar-refractivity contribution in [2.45, 2.75) is 63.5 Å². The quantitative estimate of drug-likeness (QED) is 0.376. The highest BCUT2D eigenvalue weighted by molar-refractivity contribution is 7.93. The van der Waals surface area contributed by atoms with Crippen LogP contribution in [0.2, 0.25) is 0 Å². The van der Waals surface area contributed by atoms with Crippen LogP contribution in [-0.2, 0) is 10.0 Å². The molecule has 1 saturated carbocycles. The molecule has 3 fully saturated rings. The summed E-state index contributed by atoms with van der Waals surface area (Å²) < 4.78 is 57.3. The van der Waals surface area contributed by atoms with E-state index in [-0.39, 0.29) is 25.9 Å². The number of benzene rings is 1.